The van der Waals surface area contributed by atoms with E-state index in [1.54, 1.807) is 24.4 Å². The molecule has 1 aromatic heterocycles. The standard InChI is InChI=1S/C24H22N4O3/c1-16-4-2-5-18(10-16)26-19-6-3-7-20(12-19)27-24(30)28-21-8-9-22(17(11-21)14-29)23-13-25-15-31-23/h2-13,15,26,29H,14H2,1H3,(H2,27,28,30). The van der Waals surface area contributed by atoms with E-state index in [9.17, 15) is 9.90 Å². The Bertz CT molecular complexity index is 1190. The van der Waals surface area contributed by atoms with E-state index in [-0.39, 0.29) is 12.6 Å². The molecular formula is C24H22N4O3. The number of oxazole rings is 1. The molecule has 1 heterocycles. The fourth-order valence-corrected chi connectivity index (χ4v) is 3.25. The molecule has 4 rings (SSSR count). The van der Waals surface area contributed by atoms with E-state index in [2.05, 4.69) is 20.9 Å². The van der Waals surface area contributed by atoms with Crippen molar-refractivity contribution in [1.82, 2.24) is 4.98 Å². The summed E-state index contributed by atoms with van der Waals surface area (Å²) in [4.78, 5) is 16.4. The molecular weight excluding hydrogens is 392 g/mol. The van der Waals surface area contributed by atoms with Crippen LogP contribution in [0.3, 0.4) is 0 Å². The Hall–Kier alpha value is -4.10. The van der Waals surface area contributed by atoms with Crippen molar-refractivity contribution in [2.45, 2.75) is 13.5 Å². The number of nitrogens with one attached hydrogen (secondary N) is 3. The van der Waals surface area contributed by atoms with E-state index in [4.69, 9.17) is 4.42 Å². The van der Waals surface area contributed by atoms with Crippen LogP contribution in [-0.4, -0.2) is 16.1 Å². The number of aryl methyl sites for hydroxylation is 1. The molecule has 4 aromatic rings. The zero-order valence-corrected chi connectivity index (χ0v) is 16.9. The molecule has 2 amide bonds. The first-order valence-electron chi connectivity index (χ1n) is 9.75. The first-order chi connectivity index (χ1) is 15.1. The highest BCUT2D eigenvalue weighted by Crippen LogP contribution is 2.27. The van der Waals surface area contributed by atoms with Crippen LogP contribution in [0.5, 0.6) is 0 Å². The lowest BCUT2D eigenvalue weighted by Crippen LogP contribution is -2.19. The average molecular weight is 414 g/mol. The second kappa shape index (κ2) is 9.15. The number of aromatic nitrogens is 1. The summed E-state index contributed by atoms with van der Waals surface area (Å²) in [5, 5.41) is 18.6. The molecule has 7 heteroatoms. The van der Waals surface area contributed by atoms with E-state index in [0.717, 1.165) is 22.5 Å². The summed E-state index contributed by atoms with van der Waals surface area (Å²) in [6.07, 6.45) is 2.91. The van der Waals surface area contributed by atoms with Crippen LogP contribution in [0.15, 0.2) is 83.7 Å². The molecule has 0 saturated carbocycles. The zero-order chi connectivity index (χ0) is 21.6. The van der Waals surface area contributed by atoms with Crippen LogP contribution in [0.2, 0.25) is 0 Å². The second-order valence-electron chi connectivity index (χ2n) is 7.05. The third-order valence-electron chi connectivity index (χ3n) is 4.66. The van der Waals surface area contributed by atoms with Gasteiger partial charge in [-0.15, -0.1) is 0 Å². The topological polar surface area (TPSA) is 99.4 Å². The minimum Gasteiger partial charge on any atom is -0.444 e. The van der Waals surface area contributed by atoms with Crippen LogP contribution in [-0.2, 0) is 6.61 Å². The van der Waals surface area contributed by atoms with E-state index in [0.29, 0.717) is 22.7 Å². The third kappa shape index (κ3) is 5.09. The quantitative estimate of drug-likeness (QED) is 0.332. The monoisotopic (exact) mass is 414 g/mol. The Labute approximate surface area is 179 Å². The van der Waals surface area contributed by atoms with Gasteiger partial charge in [0.25, 0.3) is 0 Å². The van der Waals surface area contributed by atoms with Crippen molar-refractivity contribution in [1.29, 1.82) is 0 Å². The minimum atomic E-state index is -0.385. The molecule has 0 saturated heterocycles. The highest BCUT2D eigenvalue weighted by atomic mass is 16.3. The van der Waals surface area contributed by atoms with E-state index in [1.165, 1.54) is 6.39 Å². The van der Waals surface area contributed by atoms with Crippen molar-refractivity contribution in [3.05, 3.63) is 90.4 Å². The number of aliphatic hydroxyl groups is 1. The van der Waals surface area contributed by atoms with Gasteiger partial charge in [0.05, 0.1) is 12.8 Å². The molecule has 0 aliphatic rings. The molecule has 4 N–H and O–H groups in total. The van der Waals surface area contributed by atoms with Crippen molar-refractivity contribution in [2.75, 3.05) is 16.0 Å². The van der Waals surface area contributed by atoms with Crippen LogP contribution in [0.4, 0.5) is 27.5 Å². The van der Waals surface area contributed by atoms with Crippen LogP contribution in [0, 0.1) is 6.92 Å². The van der Waals surface area contributed by atoms with Gasteiger partial charge >= 0.3 is 6.03 Å². The summed E-state index contributed by atoms with van der Waals surface area (Å²) in [7, 11) is 0. The van der Waals surface area contributed by atoms with Gasteiger partial charge in [-0.05, 0) is 66.6 Å². The van der Waals surface area contributed by atoms with Crippen molar-refractivity contribution in [3.63, 3.8) is 0 Å². The number of nitrogens with zero attached hydrogens (tertiary/aromatic N) is 1. The van der Waals surface area contributed by atoms with Gasteiger partial charge in [0.15, 0.2) is 12.2 Å². The molecule has 31 heavy (non-hydrogen) atoms. The predicted octanol–water partition coefficient (Wildman–Crippen LogP) is 5.53. The molecule has 0 unspecified atom stereocenters. The number of hydrogen-bond donors (Lipinski definition) is 4. The summed E-state index contributed by atoms with van der Waals surface area (Å²) in [6.45, 7) is 1.84. The van der Waals surface area contributed by atoms with Gasteiger partial charge in [0.2, 0.25) is 0 Å². The first-order valence-corrected chi connectivity index (χ1v) is 9.75. The molecule has 0 atom stereocenters. The Morgan fingerprint density at radius 1 is 0.935 bits per heavy atom. The van der Waals surface area contributed by atoms with Crippen molar-refractivity contribution >= 4 is 28.8 Å². The van der Waals surface area contributed by atoms with Gasteiger partial charge < -0.3 is 25.5 Å². The molecule has 0 bridgehead atoms. The number of aliphatic hydroxyl groups excluding tert-OH is 1. The maximum absolute atomic E-state index is 12.5. The Morgan fingerprint density at radius 2 is 1.65 bits per heavy atom. The Kier molecular flexibility index (Phi) is 5.96. The minimum absolute atomic E-state index is 0.195. The van der Waals surface area contributed by atoms with Crippen molar-refractivity contribution in [2.24, 2.45) is 0 Å². The van der Waals surface area contributed by atoms with Crippen LogP contribution < -0.4 is 16.0 Å². The molecule has 7 nitrogen and oxygen atoms in total. The van der Waals surface area contributed by atoms with E-state index >= 15 is 0 Å². The Morgan fingerprint density at radius 3 is 2.35 bits per heavy atom. The van der Waals surface area contributed by atoms with Crippen LogP contribution in [0.1, 0.15) is 11.1 Å². The van der Waals surface area contributed by atoms with Gasteiger partial charge in [-0.3, -0.25) is 0 Å². The zero-order valence-electron chi connectivity index (χ0n) is 16.9. The van der Waals surface area contributed by atoms with Crippen molar-refractivity contribution < 1.29 is 14.3 Å². The molecule has 0 radical (unpaired) electrons. The number of rotatable bonds is 6. The van der Waals surface area contributed by atoms with Crippen molar-refractivity contribution in [3.8, 4) is 11.3 Å². The number of urea groups is 1. The summed E-state index contributed by atoms with van der Waals surface area (Å²) in [5.74, 6) is 0.554. The lowest BCUT2D eigenvalue weighted by molar-refractivity contribution is 0.262. The summed E-state index contributed by atoms with van der Waals surface area (Å²) < 4.78 is 5.29. The molecule has 0 aliphatic carbocycles. The van der Waals surface area contributed by atoms with Crippen LogP contribution in [0.25, 0.3) is 11.3 Å². The fourth-order valence-electron chi connectivity index (χ4n) is 3.25. The third-order valence-corrected chi connectivity index (χ3v) is 4.66. The van der Waals surface area contributed by atoms with E-state index < -0.39 is 0 Å². The highest BCUT2D eigenvalue weighted by molar-refractivity contribution is 6.00. The van der Waals surface area contributed by atoms with Gasteiger partial charge in [0, 0.05) is 28.3 Å². The largest absolute Gasteiger partial charge is 0.444 e. The smallest absolute Gasteiger partial charge is 0.323 e. The number of anilines is 4. The van der Waals surface area contributed by atoms with Gasteiger partial charge in [-0.1, -0.05) is 18.2 Å². The number of hydrogen-bond acceptors (Lipinski definition) is 5. The lowest BCUT2D eigenvalue weighted by Gasteiger charge is -2.12. The summed E-state index contributed by atoms with van der Waals surface area (Å²) >= 11 is 0. The van der Waals surface area contributed by atoms with Gasteiger partial charge in [-0.2, -0.15) is 0 Å². The normalized spacial score (nSPS) is 10.5. The molecule has 0 spiro atoms. The number of carbonyl (C=O) groups is 1. The second-order valence-corrected chi connectivity index (χ2v) is 7.05. The fraction of sp³-hybridized carbons (Fsp3) is 0.0833. The maximum atomic E-state index is 12.5. The van der Waals surface area contributed by atoms with Gasteiger partial charge in [0.1, 0.15) is 0 Å². The lowest BCUT2D eigenvalue weighted by atomic mass is 10.1. The molecule has 156 valence electrons. The highest BCUT2D eigenvalue weighted by Gasteiger charge is 2.10. The number of benzene rings is 3. The Balaban J connectivity index is 1.43. The number of amides is 2. The summed E-state index contributed by atoms with van der Waals surface area (Å²) in [5.41, 5.74) is 5.55. The molecule has 0 fully saturated rings. The SMILES string of the molecule is Cc1cccc(Nc2cccc(NC(=O)Nc3ccc(-c4cnco4)c(CO)c3)c2)c1. The van der Waals surface area contributed by atoms with Crippen LogP contribution >= 0.6 is 0 Å². The molecule has 3 aromatic carbocycles. The predicted molar refractivity (Wildman–Crippen MR) is 121 cm³/mol. The number of carbonyl (C=O) groups excluding carboxylic acids is 1. The average Bonchev–Trinajstić information content (AvgIpc) is 3.28. The van der Waals surface area contributed by atoms with E-state index in [1.807, 2.05) is 55.5 Å². The molecule has 0 aliphatic heterocycles. The summed E-state index contributed by atoms with van der Waals surface area (Å²) in [6, 6.07) is 20.4. The maximum Gasteiger partial charge on any atom is 0.323 e. The first kappa shape index (κ1) is 20.2. The van der Waals surface area contributed by atoms with Gasteiger partial charge in [-0.25, -0.2) is 9.78 Å².